The molecule has 8 nitrogen and oxygen atoms in total. The van der Waals surface area contributed by atoms with Crippen LogP contribution in [0.25, 0.3) is 27.9 Å². The lowest BCUT2D eigenvalue weighted by atomic mass is 10.2. The van der Waals surface area contributed by atoms with Gasteiger partial charge in [-0.15, -0.1) is 15.3 Å². The highest BCUT2D eigenvalue weighted by Gasteiger charge is 2.18. The van der Waals surface area contributed by atoms with Crippen LogP contribution in [-0.2, 0) is 6.61 Å². The molecule has 0 unspecified atom stereocenters. The van der Waals surface area contributed by atoms with Crippen molar-refractivity contribution in [2.75, 3.05) is 0 Å². The largest absolute Gasteiger partial charge is 0.471 e. The van der Waals surface area contributed by atoms with Gasteiger partial charge in [-0.05, 0) is 30.7 Å². The fourth-order valence-corrected chi connectivity index (χ4v) is 2.92. The van der Waals surface area contributed by atoms with E-state index in [1.165, 1.54) is 0 Å². The first kappa shape index (κ1) is 15.4. The Morgan fingerprint density at radius 1 is 1.04 bits per heavy atom. The van der Waals surface area contributed by atoms with Gasteiger partial charge in [-0.25, -0.2) is 0 Å². The molecule has 0 amide bonds. The van der Waals surface area contributed by atoms with Crippen LogP contribution < -0.4 is 4.74 Å². The van der Waals surface area contributed by atoms with E-state index in [2.05, 4.69) is 25.4 Å². The monoisotopic (exact) mass is 358 g/mol. The maximum atomic E-state index is 6.02. The molecule has 8 heteroatoms. The van der Waals surface area contributed by atoms with Crippen LogP contribution in [0.2, 0.25) is 0 Å². The maximum Gasteiger partial charge on any atom is 0.240 e. The molecule has 0 bridgehead atoms. The molecule has 0 radical (unpaired) electrons. The zero-order chi connectivity index (χ0) is 18.2. The SMILES string of the molecule is Cc1cc(-c2nnc3c4ccccc4c(OCc4ccncc4)nn23)no1. The number of rotatable bonds is 4. The number of fused-ring (bicyclic) bond motifs is 3. The quantitative estimate of drug-likeness (QED) is 0.487. The van der Waals surface area contributed by atoms with Gasteiger partial charge in [-0.3, -0.25) is 4.98 Å². The topological polar surface area (TPSA) is 91.2 Å². The minimum absolute atomic E-state index is 0.381. The van der Waals surface area contributed by atoms with Crippen molar-refractivity contribution in [3.05, 3.63) is 66.2 Å². The van der Waals surface area contributed by atoms with E-state index in [0.29, 0.717) is 35.4 Å². The Bertz CT molecular complexity index is 1250. The second-order valence-corrected chi connectivity index (χ2v) is 6.08. The zero-order valence-electron chi connectivity index (χ0n) is 14.4. The normalized spacial score (nSPS) is 11.3. The second-order valence-electron chi connectivity index (χ2n) is 6.08. The van der Waals surface area contributed by atoms with Crippen LogP contribution in [-0.4, -0.2) is 30.0 Å². The van der Waals surface area contributed by atoms with E-state index in [1.807, 2.05) is 43.3 Å². The first-order chi connectivity index (χ1) is 13.3. The molecular formula is C19H14N6O2. The summed E-state index contributed by atoms with van der Waals surface area (Å²) in [5.41, 5.74) is 2.22. The molecule has 0 saturated carbocycles. The van der Waals surface area contributed by atoms with Crippen molar-refractivity contribution in [1.82, 2.24) is 30.0 Å². The third kappa shape index (κ3) is 2.67. The molecule has 4 aromatic heterocycles. The number of aromatic nitrogens is 6. The van der Waals surface area contributed by atoms with Gasteiger partial charge in [-0.2, -0.15) is 4.52 Å². The highest BCUT2D eigenvalue weighted by Crippen LogP contribution is 2.29. The number of hydrogen-bond donors (Lipinski definition) is 0. The number of ether oxygens (including phenoxy) is 1. The van der Waals surface area contributed by atoms with E-state index < -0.39 is 0 Å². The van der Waals surface area contributed by atoms with Crippen LogP contribution >= 0.6 is 0 Å². The Balaban J connectivity index is 1.66. The lowest BCUT2D eigenvalue weighted by Crippen LogP contribution is -2.03. The van der Waals surface area contributed by atoms with Gasteiger partial charge in [0.15, 0.2) is 11.3 Å². The van der Waals surface area contributed by atoms with E-state index in [1.54, 1.807) is 23.0 Å². The Kier molecular flexibility index (Phi) is 3.53. The van der Waals surface area contributed by atoms with E-state index in [9.17, 15) is 0 Å². The molecule has 0 aliphatic carbocycles. The van der Waals surface area contributed by atoms with Gasteiger partial charge in [0.05, 0.1) is 0 Å². The third-order valence-electron chi connectivity index (χ3n) is 4.21. The summed E-state index contributed by atoms with van der Waals surface area (Å²) in [5, 5.41) is 19.0. The van der Waals surface area contributed by atoms with Gasteiger partial charge in [0.25, 0.3) is 0 Å². The Hall–Kier alpha value is -3.81. The minimum atomic E-state index is 0.381. The van der Waals surface area contributed by atoms with Crippen LogP contribution in [0.1, 0.15) is 11.3 Å². The fourth-order valence-electron chi connectivity index (χ4n) is 2.92. The van der Waals surface area contributed by atoms with Crippen LogP contribution in [0.4, 0.5) is 0 Å². The average Bonchev–Trinajstić information content (AvgIpc) is 3.33. The van der Waals surface area contributed by atoms with Crippen molar-refractivity contribution < 1.29 is 9.26 Å². The molecule has 1 aromatic carbocycles. The zero-order valence-corrected chi connectivity index (χ0v) is 14.4. The van der Waals surface area contributed by atoms with Crippen molar-refractivity contribution in [3.63, 3.8) is 0 Å². The molecule has 0 atom stereocenters. The maximum absolute atomic E-state index is 6.02. The number of benzene rings is 1. The first-order valence-electron chi connectivity index (χ1n) is 8.39. The van der Waals surface area contributed by atoms with Gasteiger partial charge >= 0.3 is 0 Å². The van der Waals surface area contributed by atoms with Gasteiger partial charge in [0, 0.05) is 29.2 Å². The fraction of sp³-hybridized carbons (Fsp3) is 0.105. The summed E-state index contributed by atoms with van der Waals surface area (Å²) in [6.07, 6.45) is 3.47. The summed E-state index contributed by atoms with van der Waals surface area (Å²) < 4.78 is 12.8. The lowest BCUT2D eigenvalue weighted by Gasteiger charge is -2.09. The second kappa shape index (κ2) is 6.17. The van der Waals surface area contributed by atoms with Crippen LogP contribution in [0.15, 0.2) is 59.4 Å². The van der Waals surface area contributed by atoms with Gasteiger partial charge < -0.3 is 9.26 Å². The number of pyridine rings is 1. The molecule has 5 aromatic rings. The summed E-state index contributed by atoms with van der Waals surface area (Å²) in [6, 6.07) is 13.4. The highest BCUT2D eigenvalue weighted by molar-refractivity contribution is 5.96. The molecule has 0 spiro atoms. The summed E-state index contributed by atoms with van der Waals surface area (Å²) in [5.74, 6) is 1.69. The van der Waals surface area contributed by atoms with E-state index in [4.69, 9.17) is 9.26 Å². The van der Waals surface area contributed by atoms with Crippen molar-refractivity contribution in [3.8, 4) is 17.4 Å². The molecule has 0 saturated heterocycles. The number of aryl methyl sites for hydroxylation is 1. The van der Waals surface area contributed by atoms with Crippen molar-refractivity contribution in [1.29, 1.82) is 0 Å². The van der Waals surface area contributed by atoms with Gasteiger partial charge in [0.1, 0.15) is 12.4 Å². The van der Waals surface area contributed by atoms with Gasteiger partial charge in [-0.1, -0.05) is 23.4 Å². The number of hydrogen-bond acceptors (Lipinski definition) is 7. The lowest BCUT2D eigenvalue weighted by molar-refractivity contribution is 0.293. The third-order valence-corrected chi connectivity index (χ3v) is 4.21. The van der Waals surface area contributed by atoms with E-state index >= 15 is 0 Å². The Labute approximate surface area is 153 Å². The Morgan fingerprint density at radius 3 is 2.63 bits per heavy atom. The van der Waals surface area contributed by atoms with Crippen LogP contribution in [0.5, 0.6) is 5.88 Å². The number of nitrogens with zero attached hydrogens (tertiary/aromatic N) is 6. The van der Waals surface area contributed by atoms with E-state index in [0.717, 1.165) is 16.3 Å². The molecule has 4 heterocycles. The predicted molar refractivity (Wildman–Crippen MR) is 97.1 cm³/mol. The molecule has 0 fully saturated rings. The average molecular weight is 358 g/mol. The molecule has 0 aliphatic heterocycles. The highest BCUT2D eigenvalue weighted by atomic mass is 16.5. The molecular weight excluding hydrogens is 344 g/mol. The molecule has 27 heavy (non-hydrogen) atoms. The summed E-state index contributed by atoms with van der Waals surface area (Å²) in [6.45, 7) is 2.21. The predicted octanol–water partition coefficient (Wildman–Crippen LogP) is 3.21. The summed E-state index contributed by atoms with van der Waals surface area (Å²) >= 11 is 0. The van der Waals surface area contributed by atoms with Crippen molar-refractivity contribution in [2.24, 2.45) is 0 Å². The van der Waals surface area contributed by atoms with Crippen molar-refractivity contribution >= 4 is 16.4 Å². The smallest absolute Gasteiger partial charge is 0.240 e. The molecule has 0 N–H and O–H groups in total. The molecule has 132 valence electrons. The van der Waals surface area contributed by atoms with Crippen molar-refractivity contribution in [2.45, 2.75) is 13.5 Å². The minimum Gasteiger partial charge on any atom is -0.471 e. The molecule has 0 aliphatic rings. The van der Waals surface area contributed by atoms with Crippen LogP contribution in [0.3, 0.4) is 0 Å². The van der Waals surface area contributed by atoms with Gasteiger partial charge in [0.2, 0.25) is 11.7 Å². The van der Waals surface area contributed by atoms with E-state index in [-0.39, 0.29) is 0 Å². The standard InChI is InChI=1S/C19H14N6O2/c1-12-10-16(24-27-12)18-22-21-17-14-4-2-3-5-15(14)19(23-25(17)18)26-11-13-6-8-20-9-7-13/h2-10H,11H2,1H3. The van der Waals surface area contributed by atoms with Crippen LogP contribution in [0, 0.1) is 6.92 Å². The Morgan fingerprint density at radius 2 is 1.85 bits per heavy atom. The first-order valence-corrected chi connectivity index (χ1v) is 8.39. The molecule has 5 rings (SSSR count). The summed E-state index contributed by atoms with van der Waals surface area (Å²) in [4.78, 5) is 4.02. The summed E-state index contributed by atoms with van der Waals surface area (Å²) in [7, 11) is 0.